The van der Waals surface area contributed by atoms with Gasteiger partial charge in [-0.15, -0.1) is 0 Å². The van der Waals surface area contributed by atoms with Gasteiger partial charge in [-0.3, -0.25) is 0 Å². The van der Waals surface area contributed by atoms with Gasteiger partial charge >= 0.3 is 0 Å². The molecule has 2 rings (SSSR count). The maximum Gasteiger partial charge on any atom is 0.0662 e. The van der Waals surface area contributed by atoms with Crippen molar-refractivity contribution in [2.24, 2.45) is 0 Å². The van der Waals surface area contributed by atoms with Crippen molar-refractivity contribution in [2.75, 3.05) is 13.2 Å². The molecule has 1 aliphatic carbocycles. The van der Waals surface area contributed by atoms with Gasteiger partial charge in [-0.2, -0.15) is 0 Å². The van der Waals surface area contributed by atoms with Crippen LogP contribution < -0.4 is 0 Å². The summed E-state index contributed by atoms with van der Waals surface area (Å²) in [5.41, 5.74) is 0.985. The predicted molar refractivity (Wildman–Crippen MR) is 74.2 cm³/mol. The first kappa shape index (κ1) is 16.2. The Morgan fingerprint density at radius 2 is 1.53 bits per heavy atom. The van der Waals surface area contributed by atoms with E-state index in [1.165, 1.54) is 25.7 Å². The first-order chi connectivity index (χ1) is 8.26. The summed E-state index contributed by atoms with van der Waals surface area (Å²) in [7, 11) is 0. The molecule has 3 heteroatoms. The molecule has 0 unspecified atom stereocenters. The molecule has 96 valence electrons. The van der Waals surface area contributed by atoms with Gasteiger partial charge in [-0.1, -0.05) is 68.1 Å². The molecule has 1 aromatic carbocycles. The summed E-state index contributed by atoms with van der Waals surface area (Å²) < 4.78 is 0. The fourth-order valence-electron chi connectivity index (χ4n) is 0.891. The van der Waals surface area contributed by atoms with Gasteiger partial charge in [-0.05, 0) is 11.6 Å². The molecule has 0 aliphatic heterocycles. The van der Waals surface area contributed by atoms with Crippen LogP contribution in [0.5, 0.6) is 0 Å². The van der Waals surface area contributed by atoms with Gasteiger partial charge in [-0.25, -0.2) is 0 Å². The maximum absolute atomic E-state index is 7.62. The largest absolute Gasteiger partial charge is 0.394 e. The van der Waals surface area contributed by atoms with Gasteiger partial charge in [0, 0.05) is 5.02 Å². The number of halogens is 1. The summed E-state index contributed by atoms with van der Waals surface area (Å²) >= 11 is 5.75. The third kappa shape index (κ3) is 8.93. The molecule has 0 saturated heterocycles. The summed E-state index contributed by atoms with van der Waals surface area (Å²) in [4.78, 5) is 0. The molecule has 0 aromatic heterocycles. The van der Waals surface area contributed by atoms with E-state index < -0.39 is 0 Å². The van der Waals surface area contributed by atoms with Gasteiger partial charge in [0.05, 0.1) is 13.2 Å². The van der Waals surface area contributed by atoms with Crippen molar-refractivity contribution >= 4 is 17.7 Å². The lowest BCUT2D eigenvalue weighted by atomic mass is 10.0. The second-order valence-electron chi connectivity index (χ2n) is 3.59. The second kappa shape index (κ2) is 11.6. The van der Waals surface area contributed by atoms with E-state index in [0.717, 1.165) is 10.6 Å². The molecule has 0 bridgehead atoms. The Labute approximate surface area is 109 Å². The highest BCUT2D eigenvalue weighted by atomic mass is 35.5. The Hall–Kier alpha value is -0.830. The smallest absolute Gasteiger partial charge is 0.0662 e. The van der Waals surface area contributed by atoms with Crippen LogP contribution in [0.25, 0.3) is 6.08 Å². The number of aliphatic hydroxyl groups is 2. The molecule has 2 N–H and O–H groups in total. The highest BCUT2D eigenvalue weighted by molar-refractivity contribution is 6.32. The minimum Gasteiger partial charge on any atom is -0.394 e. The van der Waals surface area contributed by atoms with E-state index in [0.29, 0.717) is 0 Å². The van der Waals surface area contributed by atoms with Crippen LogP contribution >= 0.6 is 11.6 Å². The van der Waals surface area contributed by atoms with Gasteiger partial charge in [0.1, 0.15) is 0 Å². The Kier molecular flexibility index (Phi) is 11.1. The quantitative estimate of drug-likeness (QED) is 0.850. The van der Waals surface area contributed by atoms with Crippen LogP contribution in [-0.2, 0) is 0 Å². The minimum absolute atomic E-state index is 0.125. The molecule has 1 aromatic rings. The Balaban J connectivity index is 0.000000266. The van der Waals surface area contributed by atoms with E-state index in [-0.39, 0.29) is 13.2 Å². The Morgan fingerprint density at radius 3 is 1.76 bits per heavy atom. The van der Waals surface area contributed by atoms with Gasteiger partial charge in [0.15, 0.2) is 0 Å². The third-order valence-corrected chi connectivity index (χ3v) is 2.57. The lowest BCUT2D eigenvalue weighted by Crippen LogP contribution is -1.85. The van der Waals surface area contributed by atoms with E-state index in [9.17, 15) is 0 Å². The van der Waals surface area contributed by atoms with Crippen LogP contribution in [0, 0.1) is 0 Å². The molecule has 0 atom stereocenters. The lowest BCUT2D eigenvalue weighted by Gasteiger charge is -2.05. The van der Waals surface area contributed by atoms with Crippen LogP contribution in [-0.4, -0.2) is 23.4 Å². The summed E-state index contributed by atoms with van der Waals surface area (Å²) in [5.74, 6) is 0. The Bertz CT molecular complexity index is 290. The SMILES string of the molecule is C1CCC1.C=Cc1ccccc1Cl.OCCO. The van der Waals surface area contributed by atoms with E-state index in [4.69, 9.17) is 21.8 Å². The van der Waals surface area contributed by atoms with E-state index in [1.54, 1.807) is 6.08 Å². The van der Waals surface area contributed by atoms with Crippen LogP contribution in [0.2, 0.25) is 5.02 Å². The zero-order valence-corrected chi connectivity index (χ0v) is 10.9. The number of hydrogen-bond donors (Lipinski definition) is 2. The monoisotopic (exact) mass is 256 g/mol. The highest BCUT2D eigenvalue weighted by Gasteiger charge is 1.95. The third-order valence-electron chi connectivity index (χ3n) is 2.23. The van der Waals surface area contributed by atoms with Crippen LogP contribution in [0.4, 0.5) is 0 Å². The number of aliphatic hydroxyl groups excluding tert-OH is 2. The van der Waals surface area contributed by atoms with Crippen molar-refractivity contribution in [3.05, 3.63) is 41.4 Å². The molecule has 1 aliphatic rings. The summed E-state index contributed by atoms with van der Waals surface area (Å²) in [6, 6.07) is 7.60. The molecular formula is C14H21ClO2. The van der Waals surface area contributed by atoms with E-state index in [2.05, 4.69) is 6.58 Å². The molecule has 0 amide bonds. The van der Waals surface area contributed by atoms with Gasteiger partial charge < -0.3 is 10.2 Å². The van der Waals surface area contributed by atoms with Gasteiger partial charge in [0.2, 0.25) is 0 Å². The highest BCUT2D eigenvalue weighted by Crippen LogP contribution is 2.15. The molecule has 1 saturated carbocycles. The number of hydrogen-bond acceptors (Lipinski definition) is 2. The summed E-state index contributed by atoms with van der Waals surface area (Å²) in [6.07, 6.45) is 7.74. The normalized spacial score (nSPS) is 12.2. The zero-order valence-electron chi connectivity index (χ0n) is 10.1. The number of rotatable bonds is 2. The molecule has 1 fully saturated rings. The number of benzene rings is 1. The lowest BCUT2D eigenvalue weighted by molar-refractivity contribution is 0.186. The average Bonchev–Trinajstić information content (AvgIpc) is 2.28. The first-order valence-corrected chi connectivity index (χ1v) is 6.22. The topological polar surface area (TPSA) is 40.5 Å². The van der Waals surface area contributed by atoms with Crippen molar-refractivity contribution < 1.29 is 10.2 Å². The summed E-state index contributed by atoms with van der Waals surface area (Å²) in [5, 5.41) is 16.0. The van der Waals surface area contributed by atoms with Gasteiger partial charge in [0.25, 0.3) is 0 Å². The van der Waals surface area contributed by atoms with E-state index in [1.807, 2.05) is 24.3 Å². The molecule has 0 spiro atoms. The second-order valence-corrected chi connectivity index (χ2v) is 3.99. The fourth-order valence-corrected chi connectivity index (χ4v) is 1.10. The van der Waals surface area contributed by atoms with Crippen LogP contribution in [0.15, 0.2) is 30.8 Å². The molecule has 17 heavy (non-hydrogen) atoms. The minimum atomic E-state index is -0.125. The fraction of sp³-hybridized carbons (Fsp3) is 0.429. The molecule has 0 radical (unpaired) electrons. The van der Waals surface area contributed by atoms with Crippen molar-refractivity contribution in [2.45, 2.75) is 25.7 Å². The summed E-state index contributed by atoms with van der Waals surface area (Å²) in [6.45, 7) is 3.36. The first-order valence-electron chi connectivity index (χ1n) is 5.85. The van der Waals surface area contributed by atoms with Crippen molar-refractivity contribution in [1.82, 2.24) is 0 Å². The Morgan fingerprint density at radius 1 is 1.06 bits per heavy atom. The molecular weight excluding hydrogens is 236 g/mol. The zero-order chi connectivity index (χ0) is 12.9. The predicted octanol–water partition coefficient (Wildman–Crippen LogP) is 3.51. The maximum atomic E-state index is 7.62. The van der Waals surface area contributed by atoms with Crippen molar-refractivity contribution in [1.29, 1.82) is 0 Å². The van der Waals surface area contributed by atoms with Crippen molar-refractivity contribution in [3.63, 3.8) is 0 Å². The standard InChI is InChI=1S/C8H7Cl.C4H8.C2H6O2/c1-2-7-5-3-4-6-8(7)9;1-2-4-3-1;3-1-2-4/h2-6H,1H2;1-4H2;3-4H,1-2H2. The molecule has 2 nitrogen and oxygen atoms in total. The van der Waals surface area contributed by atoms with Crippen molar-refractivity contribution in [3.8, 4) is 0 Å². The van der Waals surface area contributed by atoms with E-state index >= 15 is 0 Å². The van der Waals surface area contributed by atoms with Crippen LogP contribution in [0.1, 0.15) is 31.2 Å². The molecule has 0 heterocycles. The van der Waals surface area contributed by atoms with Crippen LogP contribution in [0.3, 0.4) is 0 Å². The average molecular weight is 257 g/mol.